The number of sulfonamides is 1. The van der Waals surface area contributed by atoms with Crippen LogP contribution in [0.25, 0.3) is 5.69 Å². The Morgan fingerprint density at radius 3 is 2.45 bits per heavy atom. The summed E-state index contributed by atoms with van der Waals surface area (Å²) in [4.78, 5) is 12.5. The third-order valence-electron chi connectivity index (χ3n) is 4.62. The Kier molecular flexibility index (Phi) is 6.18. The fraction of sp³-hybridized carbons (Fsp3) is 0.200. The predicted octanol–water partition coefficient (Wildman–Crippen LogP) is 2.82. The average molecular weight is 452 g/mol. The van der Waals surface area contributed by atoms with Gasteiger partial charge >= 0.3 is 6.18 Å². The lowest BCUT2D eigenvalue weighted by molar-refractivity contribution is -0.137. The number of carbonyl (C=O) groups is 1. The quantitative estimate of drug-likeness (QED) is 0.600. The van der Waals surface area contributed by atoms with E-state index in [1.165, 1.54) is 35.1 Å². The molecule has 0 unspecified atom stereocenters. The van der Waals surface area contributed by atoms with Gasteiger partial charge in [-0.05, 0) is 49.2 Å². The summed E-state index contributed by atoms with van der Waals surface area (Å²) in [5.41, 5.74) is 0.820. The average Bonchev–Trinajstić information content (AvgIpc) is 3.08. The Labute approximate surface area is 176 Å². The van der Waals surface area contributed by atoms with Crippen LogP contribution in [0.4, 0.5) is 13.2 Å². The van der Waals surface area contributed by atoms with Crippen LogP contribution in [0.1, 0.15) is 27.2 Å². The molecule has 31 heavy (non-hydrogen) atoms. The molecule has 0 saturated heterocycles. The maximum atomic E-state index is 12.9. The van der Waals surface area contributed by atoms with Crippen molar-refractivity contribution < 1.29 is 26.4 Å². The molecule has 0 spiro atoms. The highest BCUT2D eigenvalue weighted by Gasteiger charge is 2.30. The van der Waals surface area contributed by atoms with Gasteiger partial charge in [0.05, 0.1) is 33.6 Å². The Bertz CT molecular complexity index is 1200. The molecule has 3 rings (SSSR count). The number of primary sulfonamides is 1. The van der Waals surface area contributed by atoms with Crippen LogP contribution >= 0.6 is 0 Å². The van der Waals surface area contributed by atoms with Crippen molar-refractivity contribution in [1.82, 2.24) is 15.1 Å². The van der Waals surface area contributed by atoms with Crippen molar-refractivity contribution in [1.29, 1.82) is 0 Å². The van der Waals surface area contributed by atoms with Crippen molar-refractivity contribution in [2.24, 2.45) is 5.14 Å². The molecule has 1 aromatic heterocycles. The number of alkyl halides is 3. The van der Waals surface area contributed by atoms with E-state index in [1.807, 2.05) is 0 Å². The third-order valence-corrected chi connectivity index (χ3v) is 5.55. The van der Waals surface area contributed by atoms with Gasteiger partial charge in [-0.2, -0.15) is 18.3 Å². The number of rotatable bonds is 6. The summed E-state index contributed by atoms with van der Waals surface area (Å²) in [5.74, 6) is -0.420. The zero-order valence-electron chi connectivity index (χ0n) is 16.3. The molecule has 0 bridgehead atoms. The van der Waals surface area contributed by atoms with Crippen molar-refractivity contribution in [2.45, 2.75) is 24.4 Å². The first-order valence-corrected chi connectivity index (χ1v) is 10.6. The second kappa shape index (κ2) is 8.52. The SMILES string of the molecule is Cc1c(C(=O)NCCc2ccc(S(N)(=O)=O)cc2)cnn1-c1cccc(C(F)(F)F)c1. The number of nitrogens with zero attached hydrogens (tertiary/aromatic N) is 2. The number of benzene rings is 2. The van der Waals surface area contributed by atoms with E-state index in [-0.39, 0.29) is 22.7 Å². The fourth-order valence-corrected chi connectivity index (χ4v) is 3.48. The highest BCUT2D eigenvalue weighted by Crippen LogP contribution is 2.30. The highest BCUT2D eigenvalue weighted by molar-refractivity contribution is 7.89. The van der Waals surface area contributed by atoms with Gasteiger partial charge in [-0.3, -0.25) is 4.79 Å². The lowest BCUT2D eigenvalue weighted by Gasteiger charge is -2.10. The Morgan fingerprint density at radius 2 is 1.84 bits per heavy atom. The summed E-state index contributed by atoms with van der Waals surface area (Å²) in [5, 5.41) is 11.8. The van der Waals surface area contributed by atoms with Crippen molar-refractivity contribution in [3.63, 3.8) is 0 Å². The Hall–Kier alpha value is -3.18. The summed E-state index contributed by atoms with van der Waals surface area (Å²) in [6.45, 7) is 1.86. The number of hydrogen-bond acceptors (Lipinski definition) is 4. The molecule has 3 aromatic rings. The summed E-state index contributed by atoms with van der Waals surface area (Å²) in [6, 6.07) is 10.7. The number of nitrogens with one attached hydrogen (secondary N) is 1. The van der Waals surface area contributed by atoms with Crippen molar-refractivity contribution >= 4 is 15.9 Å². The fourth-order valence-electron chi connectivity index (χ4n) is 2.97. The molecule has 1 amide bonds. The largest absolute Gasteiger partial charge is 0.416 e. The first-order chi connectivity index (χ1) is 14.5. The topological polar surface area (TPSA) is 107 Å². The van der Waals surface area contributed by atoms with Crippen molar-refractivity contribution in [2.75, 3.05) is 6.54 Å². The van der Waals surface area contributed by atoms with E-state index in [0.29, 0.717) is 12.1 Å². The molecule has 3 N–H and O–H groups in total. The van der Waals surface area contributed by atoms with Gasteiger partial charge in [-0.25, -0.2) is 18.2 Å². The molecule has 0 atom stereocenters. The first-order valence-electron chi connectivity index (χ1n) is 9.09. The van der Waals surface area contributed by atoms with E-state index < -0.39 is 27.7 Å². The molecule has 0 aliphatic rings. The van der Waals surface area contributed by atoms with Crippen molar-refractivity contribution in [3.8, 4) is 5.69 Å². The van der Waals surface area contributed by atoms with E-state index in [9.17, 15) is 26.4 Å². The van der Waals surface area contributed by atoms with Crippen LogP contribution in [0.5, 0.6) is 0 Å². The van der Waals surface area contributed by atoms with Gasteiger partial charge in [0.25, 0.3) is 5.91 Å². The standard InChI is InChI=1S/C20H19F3N4O3S/c1-13-18(12-26-27(13)16-4-2-3-15(11-16)20(21,22)23)19(28)25-10-9-14-5-7-17(8-6-14)31(24,29)30/h2-8,11-12H,9-10H2,1H3,(H,25,28)(H2,24,29,30). The van der Waals surface area contributed by atoms with Crippen LogP contribution in [0, 0.1) is 6.92 Å². The zero-order chi connectivity index (χ0) is 22.8. The van der Waals surface area contributed by atoms with E-state index >= 15 is 0 Å². The van der Waals surface area contributed by atoms with Gasteiger partial charge in [-0.15, -0.1) is 0 Å². The molecule has 0 saturated carbocycles. The molecule has 0 fully saturated rings. The predicted molar refractivity (Wildman–Crippen MR) is 107 cm³/mol. The summed E-state index contributed by atoms with van der Waals surface area (Å²) >= 11 is 0. The maximum Gasteiger partial charge on any atom is 0.416 e. The lowest BCUT2D eigenvalue weighted by atomic mass is 10.1. The summed E-state index contributed by atoms with van der Waals surface area (Å²) in [6.07, 6.45) is -2.74. The lowest BCUT2D eigenvalue weighted by Crippen LogP contribution is -2.26. The molecule has 164 valence electrons. The molecule has 11 heteroatoms. The third kappa shape index (κ3) is 5.30. The van der Waals surface area contributed by atoms with Gasteiger partial charge in [0, 0.05) is 6.54 Å². The van der Waals surface area contributed by atoms with E-state index in [0.717, 1.165) is 17.7 Å². The molecule has 0 aliphatic heterocycles. The molecule has 7 nitrogen and oxygen atoms in total. The molecular formula is C20H19F3N4O3S. The van der Waals surface area contributed by atoms with E-state index in [2.05, 4.69) is 10.4 Å². The molecular weight excluding hydrogens is 433 g/mol. The normalized spacial score (nSPS) is 12.0. The minimum atomic E-state index is -4.48. The highest BCUT2D eigenvalue weighted by atomic mass is 32.2. The Balaban J connectivity index is 1.67. The smallest absolute Gasteiger partial charge is 0.352 e. The van der Waals surface area contributed by atoms with Crippen LogP contribution in [0.2, 0.25) is 0 Å². The van der Waals surface area contributed by atoms with Gasteiger partial charge in [0.15, 0.2) is 0 Å². The van der Waals surface area contributed by atoms with Crippen LogP contribution in [0.3, 0.4) is 0 Å². The van der Waals surface area contributed by atoms with Crippen molar-refractivity contribution in [3.05, 3.63) is 77.1 Å². The van der Waals surface area contributed by atoms with Crippen LogP contribution < -0.4 is 10.5 Å². The number of nitrogens with two attached hydrogens (primary N) is 1. The second-order valence-electron chi connectivity index (χ2n) is 6.80. The number of hydrogen-bond donors (Lipinski definition) is 2. The minimum Gasteiger partial charge on any atom is -0.352 e. The molecule has 0 radical (unpaired) electrons. The summed E-state index contributed by atoms with van der Waals surface area (Å²) in [7, 11) is -3.77. The minimum absolute atomic E-state index is 0.00193. The number of halogens is 3. The second-order valence-corrected chi connectivity index (χ2v) is 8.36. The van der Waals surface area contributed by atoms with Gasteiger partial charge < -0.3 is 5.32 Å². The molecule has 0 aliphatic carbocycles. The van der Waals surface area contributed by atoms with Gasteiger partial charge in [-0.1, -0.05) is 18.2 Å². The van der Waals surface area contributed by atoms with Crippen LogP contribution in [0.15, 0.2) is 59.6 Å². The Morgan fingerprint density at radius 1 is 1.16 bits per heavy atom. The number of aromatic nitrogens is 2. The molecule has 1 heterocycles. The van der Waals surface area contributed by atoms with Gasteiger partial charge in [0.2, 0.25) is 10.0 Å². The van der Waals surface area contributed by atoms with Crippen LogP contribution in [-0.2, 0) is 22.6 Å². The number of carbonyl (C=O) groups excluding carboxylic acids is 1. The maximum absolute atomic E-state index is 12.9. The number of amides is 1. The first kappa shape index (κ1) is 22.5. The monoisotopic (exact) mass is 452 g/mol. The van der Waals surface area contributed by atoms with Gasteiger partial charge in [0.1, 0.15) is 0 Å². The summed E-state index contributed by atoms with van der Waals surface area (Å²) < 4.78 is 62.6. The zero-order valence-corrected chi connectivity index (χ0v) is 17.2. The van der Waals surface area contributed by atoms with E-state index in [1.54, 1.807) is 19.1 Å². The molecule has 2 aromatic carbocycles. The van der Waals surface area contributed by atoms with E-state index in [4.69, 9.17) is 5.14 Å². The van der Waals surface area contributed by atoms with Crippen LogP contribution in [-0.4, -0.2) is 30.7 Å².